The van der Waals surface area contributed by atoms with Crippen LogP contribution < -0.4 is 10.2 Å². The molecule has 0 aliphatic carbocycles. The van der Waals surface area contributed by atoms with Crippen LogP contribution in [-0.2, 0) is 19.1 Å². The van der Waals surface area contributed by atoms with E-state index in [1.54, 1.807) is 31.2 Å². The number of hydrogen-bond donors (Lipinski definition) is 1. The summed E-state index contributed by atoms with van der Waals surface area (Å²) in [5, 5.41) is 2.77. The Morgan fingerprint density at radius 1 is 1.21 bits per heavy atom. The Labute approximate surface area is 161 Å². The average molecular weight is 382 g/mol. The lowest BCUT2D eigenvalue weighted by molar-refractivity contribution is -0.143. The minimum absolute atomic E-state index is 0.138. The number of ether oxygens (including phenoxy) is 1. The lowest BCUT2D eigenvalue weighted by Crippen LogP contribution is -2.41. The van der Waals surface area contributed by atoms with E-state index >= 15 is 0 Å². The lowest BCUT2D eigenvalue weighted by atomic mass is 10.1. The van der Waals surface area contributed by atoms with Crippen molar-refractivity contribution >= 4 is 35.2 Å². The van der Waals surface area contributed by atoms with Crippen molar-refractivity contribution in [1.82, 2.24) is 0 Å². The van der Waals surface area contributed by atoms with Crippen molar-refractivity contribution in [2.75, 3.05) is 16.8 Å². The van der Waals surface area contributed by atoms with Gasteiger partial charge in [0.1, 0.15) is 5.82 Å². The van der Waals surface area contributed by atoms with Crippen LogP contribution in [-0.4, -0.2) is 30.4 Å². The summed E-state index contributed by atoms with van der Waals surface area (Å²) in [5.74, 6) is -1.68. The number of nitrogens with zero attached hydrogens (tertiary/aromatic N) is 1. The number of benzene rings is 2. The fourth-order valence-corrected chi connectivity index (χ4v) is 2.96. The van der Waals surface area contributed by atoms with E-state index in [4.69, 9.17) is 4.74 Å². The van der Waals surface area contributed by atoms with Crippen molar-refractivity contribution < 1.29 is 23.5 Å². The summed E-state index contributed by atoms with van der Waals surface area (Å²) in [6.45, 7) is 1.30. The smallest absolute Gasteiger partial charge is 0.331 e. The first-order valence-electron chi connectivity index (χ1n) is 8.75. The summed E-state index contributed by atoms with van der Waals surface area (Å²) in [6.07, 6.45) is 2.78. The number of hydrogen-bond acceptors (Lipinski definition) is 4. The van der Waals surface area contributed by atoms with Gasteiger partial charge in [0.15, 0.2) is 6.61 Å². The molecule has 28 heavy (non-hydrogen) atoms. The van der Waals surface area contributed by atoms with Crippen molar-refractivity contribution in [2.24, 2.45) is 0 Å². The zero-order valence-electron chi connectivity index (χ0n) is 15.2. The number of fused-ring (bicyclic) bond motifs is 1. The molecule has 1 aliphatic heterocycles. The molecular weight excluding hydrogens is 363 g/mol. The second-order valence-corrected chi connectivity index (χ2v) is 6.37. The third kappa shape index (κ3) is 4.62. The van der Waals surface area contributed by atoms with E-state index in [0.29, 0.717) is 16.9 Å². The highest BCUT2D eigenvalue weighted by atomic mass is 19.1. The lowest BCUT2D eigenvalue weighted by Gasteiger charge is -2.27. The molecule has 0 unspecified atom stereocenters. The Hall–Kier alpha value is -3.48. The Balaban J connectivity index is 1.66. The molecule has 2 aromatic rings. The summed E-state index contributed by atoms with van der Waals surface area (Å²) in [5.41, 5.74) is 1.72. The molecule has 1 aliphatic rings. The molecule has 0 aromatic heterocycles. The number of esters is 1. The van der Waals surface area contributed by atoms with E-state index in [-0.39, 0.29) is 24.2 Å². The molecule has 0 fully saturated rings. The molecule has 144 valence electrons. The minimum atomic E-state index is -0.692. The summed E-state index contributed by atoms with van der Waals surface area (Å²) in [4.78, 5) is 38.0. The van der Waals surface area contributed by atoms with Crippen LogP contribution in [0.1, 0.15) is 18.9 Å². The van der Waals surface area contributed by atoms with Crippen LogP contribution in [0.25, 0.3) is 6.08 Å². The molecule has 2 aromatic carbocycles. The molecule has 1 heterocycles. The van der Waals surface area contributed by atoms with Gasteiger partial charge >= 0.3 is 5.97 Å². The summed E-state index contributed by atoms with van der Waals surface area (Å²) >= 11 is 0. The van der Waals surface area contributed by atoms with Crippen LogP contribution >= 0.6 is 0 Å². The first-order chi connectivity index (χ1) is 13.4. The number of nitrogens with one attached hydrogen (secondary N) is 1. The monoisotopic (exact) mass is 382 g/mol. The van der Waals surface area contributed by atoms with E-state index in [1.807, 2.05) is 0 Å². The number of carbonyl (C=O) groups is 3. The highest BCUT2D eigenvalue weighted by Gasteiger charge is 2.29. The van der Waals surface area contributed by atoms with Crippen LogP contribution in [0.2, 0.25) is 0 Å². The van der Waals surface area contributed by atoms with Gasteiger partial charge in [-0.3, -0.25) is 9.59 Å². The van der Waals surface area contributed by atoms with Gasteiger partial charge in [-0.1, -0.05) is 24.3 Å². The normalized spacial score (nSPS) is 16.3. The van der Waals surface area contributed by atoms with Crippen LogP contribution in [0.4, 0.5) is 15.8 Å². The van der Waals surface area contributed by atoms with Crippen molar-refractivity contribution in [3.8, 4) is 0 Å². The second-order valence-electron chi connectivity index (χ2n) is 6.37. The van der Waals surface area contributed by atoms with E-state index < -0.39 is 18.5 Å². The minimum Gasteiger partial charge on any atom is -0.452 e. The van der Waals surface area contributed by atoms with Gasteiger partial charge in [0, 0.05) is 18.5 Å². The van der Waals surface area contributed by atoms with Crippen LogP contribution in [0.5, 0.6) is 0 Å². The highest BCUT2D eigenvalue weighted by molar-refractivity contribution is 6.05. The first-order valence-corrected chi connectivity index (χ1v) is 8.75. The maximum atomic E-state index is 12.9. The van der Waals surface area contributed by atoms with Gasteiger partial charge in [0.05, 0.1) is 11.4 Å². The van der Waals surface area contributed by atoms with Crippen molar-refractivity contribution in [2.45, 2.75) is 19.4 Å². The Morgan fingerprint density at radius 2 is 1.93 bits per heavy atom. The van der Waals surface area contributed by atoms with Gasteiger partial charge in [-0.15, -0.1) is 0 Å². The topological polar surface area (TPSA) is 75.7 Å². The molecule has 0 radical (unpaired) electrons. The number of amides is 2. The third-order valence-corrected chi connectivity index (χ3v) is 4.25. The summed E-state index contributed by atoms with van der Waals surface area (Å²) in [7, 11) is 0. The molecule has 2 amide bonds. The van der Waals surface area contributed by atoms with Gasteiger partial charge in [0.2, 0.25) is 5.91 Å². The molecular formula is C21H19FN2O4. The van der Waals surface area contributed by atoms with Crippen molar-refractivity contribution in [3.63, 3.8) is 0 Å². The Kier molecular flexibility index (Phi) is 5.84. The number of carbonyl (C=O) groups excluding carboxylic acids is 3. The van der Waals surface area contributed by atoms with Gasteiger partial charge in [-0.25, -0.2) is 9.18 Å². The predicted octanol–water partition coefficient (Wildman–Crippen LogP) is 3.15. The quantitative estimate of drug-likeness (QED) is 0.651. The standard InChI is InChI=1S/C21H19FN2O4/c1-14-12-19(25)23-17-4-2-3-5-18(17)24(14)20(26)13-28-21(27)11-8-15-6-9-16(22)10-7-15/h2-11,14H,12-13H2,1H3,(H,23,25)/b11-8+/t14-/m0/s1. The molecule has 7 heteroatoms. The second kappa shape index (κ2) is 8.47. The number of halogens is 1. The van der Waals surface area contributed by atoms with E-state index in [2.05, 4.69) is 5.32 Å². The molecule has 3 rings (SSSR count). The Morgan fingerprint density at radius 3 is 2.68 bits per heavy atom. The first kappa shape index (κ1) is 19.3. The van der Waals surface area contributed by atoms with E-state index in [1.165, 1.54) is 41.3 Å². The maximum absolute atomic E-state index is 12.9. The van der Waals surface area contributed by atoms with E-state index in [9.17, 15) is 18.8 Å². The van der Waals surface area contributed by atoms with Crippen LogP contribution in [0.15, 0.2) is 54.6 Å². The molecule has 0 saturated carbocycles. The van der Waals surface area contributed by atoms with Gasteiger partial charge < -0.3 is 15.0 Å². The predicted molar refractivity (Wildman–Crippen MR) is 103 cm³/mol. The molecule has 0 bridgehead atoms. The number of para-hydroxylation sites is 2. The average Bonchev–Trinajstić information content (AvgIpc) is 2.79. The van der Waals surface area contributed by atoms with Gasteiger partial charge in [-0.05, 0) is 42.8 Å². The third-order valence-electron chi connectivity index (χ3n) is 4.25. The number of anilines is 2. The maximum Gasteiger partial charge on any atom is 0.331 e. The fraction of sp³-hybridized carbons (Fsp3) is 0.190. The van der Waals surface area contributed by atoms with Crippen LogP contribution in [0, 0.1) is 5.82 Å². The zero-order valence-corrected chi connectivity index (χ0v) is 15.2. The summed E-state index contributed by atoms with van der Waals surface area (Å²) < 4.78 is 17.9. The van der Waals surface area contributed by atoms with Gasteiger partial charge in [-0.2, -0.15) is 0 Å². The molecule has 1 atom stereocenters. The Bertz CT molecular complexity index is 924. The largest absolute Gasteiger partial charge is 0.452 e. The SMILES string of the molecule is C[C@H]1CC(=O)Nc2ccccc2N1C(=O)COC(=O)/C=C/c1ccc(F)cc1. The molecule has 0 saturated heterocycles. The van der Waals surface area contributed by atoms with Crippen molar-refractivity contribution in [1.29, 1.82) is 0 Å². The van der Waals surface area contributed by atoms with Gasteiger partial charge in [0.25, 0.3) is 5.91 Å². The zero-order chi connectivity index (χ0) is 20.1. The van der Waals surface area contributed by atoms with Crippen LogP contribution in [0.3, 0.4) is 0 Å². The summed E-state index contributed by atoms with van der Waals surface area (Å²) in [6, 6.07) is 12.2. The number of rotatable bonds is 4. The molecule has 6 nitrogen and oxygen atoms in total. The molecule has 0 spiro atoms. The fourth-order valence-electron chi connectivity index (χ4n) is 2.96. The van der Waals surface area contributed by atoms with E-state index in [0.717, 1.165) is 0 Å². The highest BCUT2D eigenvalue weighted by Crippen LogP contribution is 2.31. The molecule has 1 N–H and O–H groups in total. The van der Waals surface area contributed by atoms with Crippen molar-refractivity contribution in [3.05, 3.63) is 66.0 Å².